The number of halogens is 4. The van der Waals surface area contributed by atoms with Crippen LogP contribution in [0.15, 0.2) is 34.5 Å². The Kier molecular flexibility index (Phi) is 6.68. The zero-order chi connectivity index (χ0) is 24.8. The second kappa shape index (κ2) is 8.74. The largest absolute Gasteiger partial charge is 0.494 e. The van der Waals surface area contributed by atoms with Gasteiger partial charge < -0.3 is 20.5 Å². The van der Waals surface area contributed by atoms with Gasteiger partial charge in [-0.05, 0) is 31.2 Å². The number of amides is 1. The Morgan fingerprint density at radius 3 is 2.45 bits per heavy atom. The lowest BCUT2D eigenvalue weighted by Crippen LogP contribution is -2.54. The third-order valence-corrected chi connectivity index (χ3v) is 8.99. The molecule has 1 unspecified atom stereocenters. The minimum Gasteiger partial charge on any atom is -0.494 e. The molecule has 1 saturated heterocycles. The fourth-order valence-electron chi connectivity index (χ4n) is 3.60. The van der Waals surface area contributed by atoms with Crippen LogP contribution in [0.25, 0.3) is 0 Å². The topological polar surface area (TPSA) is 113 Å². The van der Waals surface area contributed by atoms with Gasteiger partial charge in [-0.3, -0.25) is 4.79 Å². The zero-order valence-corrected chi connectivity index (χ0v) is 19.1. The van der Waals surface area contributed by atoms with Gasteiger partial charge in [0, 0.05) is 31.7 Å². The summed E-state index contributed by atoms with van der Waals surface area (Å²) < 4.78 is 85.5. The number of aliphatic hydroxyl groups is 1. The van der Waals surface area contributed by atoms with Gasteiger partial charge in [0.25, 0.3) is 21.5 Å². The number of carbonyl (C=O) groups is 1. The fraction of sp³-hybridized carbons (Fsp3) is 0.421. The van der Waals surface area contributed by atoms with Crippen LogP contribution in [0.2, 0.25) is 0 Å². The molecule has 1 fully saturated rings. The second-order valence-electron chi connectivity index (χ2n) is 7.42. The SMILES string of the molecule is COc1cc(F)ccc1N1CCN(S(=O)(=O)c2ccc(C(O)(C(N)=O)C(F)(F)F)s2)[C@H](C)C1. The molecule has 0 saturated carbocycles. The number of rotatable bonds is 6. The summed E-state index contributed by atoms with van der Waals surface area (Å²) in [4.78, 5) is 12.3. The van der Waals surface area contributed by atoms with Crippen molar-refractivity contribution >= 4 is 33.0 Å². The normalized spacial score (nSPS) is 19.8. The van der Waals surface area contributed by atoms with E-state index < -0.39 is 48.7 Å². The summed E-state index contributed by atoms with van der Waals surface area (Å²) in [6, 6.07) is 4.98. The van der Waals surface area contributed by atoms with Crippen LogP contribution in [-0.2, 0) is 20.4 Å². The summed E-state index contributed by atoms with van der Waals surface area (Å²) in [5.74, 6) is -2.27. The smallest absolute Gasteiger partial charge is 0.431 e. The first-order valence-electron chi connectivity index (χ1n) is 9.53. The van der Waals surface area contributed by atoms with Crippen LogP contribution < -0.4 is 15.4 Å². The molecule has 1 aliphatic rings. The maximum atomic E-state index is 13.5. The van der Waals surface area contributed by atoms with Crippen molar-refractivity contribution in [3.63, 3.8) is 0 Å². The average molecular weight is 512 g/mol. The first-order valence-corrected chi connectivity index (χ1v) is 11.8. The summed E-state index contributed by atoms with van der Waals surface area (Å²) in [7, 11) is -2.87. The molecule has 0 aliphatic carbocycles. The average Bonchev–Trinajstić information content (AvgIpc) is 3.23. The molecule has 2 aromatic rings. The van der Waals surface area contributed by atoms with Crippen LogP contribution in [0, 0.1) is 5.82 Å². The molecule has 1 aromatic heterocycles. The van der Waals surface area contributed by atoms with Gasteiger partial charge in [-0.1, -0.05) is 0 Å². The first-order chi connectivity index (χ1) is 15.2. The minimum atomic E-state index is -5.43. The molecule has 1 amide bonds. The number of hydrogen-bond donors (Lipinski definition) is 2. The number of alkyl halides is 3. The number of piperazine rings is 1. The van der Waals surface area contributed by atoms with E-state index in [1.54, 1.807) is 6.92 Å². The van der Waals surface area contributed by atoms with E-state index in [1.165, 1.54) is 25.3 Å². The van der Waals surface area contributed by atoms with Gasteiger partial charge in [0.05, 0.1) is 17.7 Å². The molecule has 0 spiro atoms. The van der Waals surface area contributed by atoms with Gasteiger partial charge in [-0.2, -0.15) is 17.5 Å². The molecule has 8 nitrogen and oxygen atoms in total. The zero-order valence-electron chi connectivity index (χ0n) is 17.5. The van der Waals surface area contributed by atoms with Crippen molar-refractivity contribution in [3.05, 3.63) is 41.0 Å². The molecule has 14 heteroatoms. The maximum absolute atomic E-state index is 13.5. The van der Waals surface area contributed by atoms with Gasteiger partial charge in [-0.15, -0.1) is 11.3 Å². The van der Waals surface area contributed by atoms with Crippen molar-refractivity contribution in [1.29, 1.82) is 0 Å². The molecular weight excluding hydrogens is 490 g/mol. The molecule has 33 heavy (non-hydrogen) atoms. The van der Waals surface area contributed by atoms with E-state index in [0.717, 1.165) is 16.4 Å². The standard InChI is InChI=1S/C19H21F4N3O5S2/c1-11-10-25(13-4-3-12(20)9-14(13)31-2)7-8-26(11)33(29,30)16-6-5-15(32-16)18(28,17(24)27)19(21,22)23/h3-6,9,11,28H,7-8,10H2,1-2H3,(H2,24,27)/t11-,18?/m1/s1. The van der Waals surface area contributed by atoms with Crippen LogP contribution in [-0.4, -0.2) is 62.7 Å². The Morgan fingerprint density at radius 2 is 1.91 bits per heavy atom. The van der Waals surface area contributed by atoms with Crippen LogP contribution in [0.3, 0.4) is 0 Å². The van der Waals surface area contributed by atoms with Crippen molar-refractivity contribution in [3.8, 4) is 5.75 Å². The van der Waals surface area contributed by atoms with Crippen molar-refractivity contribution in [2.75, 3.05) is 31.6 Å². The van der Waals surface area contributed by atoms with Gasteiger partial charge in [-0.25, -0.2) is 12.8 Å². The van der Waals surface area contributed by atoms with E-state index in [1.807, 2.05) is 4.90 Å². The lowest BCUT2D eigenvalue weighted by Gasteiger charge is -2.40. The number of nitrogens with two attached hydrogens (primary N) is 1. The quantitative estimate of drug-likeness (QED) is 0.574. The highest BCUT2D eigenvalue weighted by atomic mass is 32.2. The highest BCUT2D eigenvalue weighted by Crippen LogP contribution is 2.43. The molecule has 2 atom stereocenters. The molecule has 1 aliphatic heterocycles. The highest BCUT2D eigenvalue weighted by Gasteiger charge is 2.61. The lowest BCUT2D eigenvalue weighted by atomic mass is 10.0. The number of methoxy groups -OCH3 is 1. The summed E-state index contributed by atoms with van der Waals surface area (Å²) in [6.45, 7) is 2.01. The highest BCUT2D eigenvalue weighted by molar-refractivity contribution is 7.91. The lowest BCUT2D eigenvalue weighted by molar-refractivity contribution is -0.254. The van der Waals surface area contributed by atoms with E-state index in [2.05, 4.69) is 0 Å². The molecule has 2 heterocycles. The van der Waals surface area contributed by atoms with Gasteiger partial charge >= 0.3 is 6.18 Å². The first kappa shape index (κ1) is 25.2. The Hall–Kier alpha value is -2.42. The minimum absolute atomic E-state index is 0.0172. The number of anilines is 1. The predicted molar refractivity (Wildman–Crippen MR) is 112 cm³/mol. The Morgan fingerprint density at radius 1 is 1.24 bits per heavy atom. The van der Waals surface area contributed by atoms with Crippen molar-refractivity contribution in [1.82, 2.24) is 4.31 Å². The summed E-state index contributed by atoms with van der Waals surface area (Å²) in [5.41, 5.74) is 1.34. The summed E-state index contributed by atoms with van der Waals surface area (Å²) in [5, 5.41) is 9.92. The van der Waals surface area contributed by atoms with Crippen molar-refractivity contribution in [2.45, 2.75) is 29.0 Å². The Balaban J connectivity index is 1.86. The van der Waals surface area contributed by atoms with Crippen molar-refractivity contribution < 1.29 is 40.6 Å². The van der Waals surface area contributed by atoms with Crippen LogP contribution >= 0.6 is 11.3 Å². The van der Waals surface area contributed by atoms with Gasteiger partial charge in [0.15, 0.2) is 0 Å². The van der Waals surface area contributed by atoms with E-state index in [-0.39, 0.29) is 36.7 Å². The number of benzene rings is 1. The molecule has 0 radical (unpaired) electrons. The third-order valence-electron chi connectivity index (χ3n) is 5.32. The van der Waals surface area contributed by atoms with Crippen LogP contribution in [0.5, 0.6) is 5.75 Å². The third kappa shape index (κ3) is 4.39. The van der Waals surface area contributed by atoms with E-state index in [4.69, 9.17) is 10.5 Å². The molecule has 1 aromatic carbocycles. The number of ether oxygens (including phenoxy) is 1. The number of thiophene rings is 1. The monoisotopic (exact) mass is 511 g/mol. The number of carbonyl (C=O) groups excluding carboxylic acids is 1. The Bertz CT molecular complexity index is 1150. The molecule has 182 valence electrons. The van der Waals surface area contributed by atoms with Gasteiger partial charge in [0.1, 0.15) is 15.8 Å². The molecule has 3 rings (SSSR count). The van der Waals surface area contributed by atoms with Crippen molar-refractivity contribution in [2.24, 2.45) is 5.73 Å². The predicted octanol–water partition coefficient (Wildman–Crippen LogP) is 2.03. The molecular formula is C19H21F4N3O5S2. The summed E-state index contributed by atoms with van der Waals surface area (Å²) >= 11 is 0.127. The number of hydrogen-bond acceptors (Lipinski definition) is 7. The summed E-state index contributed by atoms with van der Waals surface area (Å²) in [6.07, 6.45) is -5.43. The Labute approximate surface area is 191 Å². The van der Waals surface area contributed by atoms with Crippen LogP contribution in [0.4, 0.5) is 23.2 Å². The van der Waals surface area contributed by atoms with E-state index in [0.29, 0.717) is 5.69 Å². The number of nitrogens with zero attached hydrogens (tertiary/aromatic N) is 2. The van der Waals surface area contributed by atoms with E-state index in [9.17, 15) is 35.9 Å². The fourth-order valence-corrected chi connectivity index (χ4v) is 6.76. The second-order valence-corrected chi connectivity index (χ2v) is 10.6. The maximum Gasteiger partial charge on any atom is 0.431 e. The van der Waals surface area contributed by atoms with E-state index >= 15 is 0 Å². The van der Waals surface area contributed by atoms with Crippen LogP contribution in [0.1, 0.15) is 11.8 Å². The number of sulfonamides is 1. The van der Waals surface area contributed by atoms with Gasteiger partial charge in [0.2, 0.25) is 0 Å². The molecule has 3 N–H and O–H groups in total. The molecule has 0 bridgehead atoms. The number of primary amides is 1.